The molecular weight excluding hydrogens is 409 g/mol. The van der Waals surface area contributed by atoms with Crippen molar-refractivity contribution in [3.63, 3.8) is 0 Å². The Labute approximate surface area is 161 Å². The van der Waals surface area contributed by atoms with Crippen molar-refractivity contribution in [3.8, 4) is 11.5 Å². The Hall–Kier alpha value is -1.30. The number of benzene rings is 2. The third-order valence-corrected chi connectivity index (χ3v) is 4.92. The molecule has 3 nitrogen and oxygen atoms in total. The summed E-state index contributed by atoms with van der Waals surface area (Å²) >= 11 is 9.56. The fourth-order valence-electron chi connectivity index (χ4n) is 2.27. The number of rotatable bonds is 8. The zero-order chi connectivity index (χ0) is 18.4. The summed E-state index contributed by atoms with van der Waals surface area (Å²) in [5.74, 6) is 0.717. The summed E-state index contributed by atoms with van der Waals surface area (Å²) in [5, 5.41) is 3.77. The lowest BCUT2D eigenvalue weighted by Gasteiger charge is -2.16. The predicted molar refractivity (Wildman–Crippen MR) is 103 cm³/mol. The molecule has 1 N–H and O–H groups in total. The molecule has 0 saturated heterocycles. The Balaban J connectivity index is 2.17. The largest absolute Gasteiger partial charge is 0.493 e. The molecule has 0 aromatic heterocycles. The molecule has 0 heterocycles. The molecule has 0 aliphatic carbocycles. The molecular formula is C19H22BrClFNO2. The van der Waals surface area contributed by atoms with Crippen molar-refractivity contribution in [3.05, 3.63) is 56.8 Å². The van der Waals surface area contributed by atoms with Crippen molar-refractivity contribution < 1.29 is 13.9 Å². The van der Waals surface area contributed by atoms with Crippen LogP contribution in [0.15, 0.2) is 34.8 Å². The first-order chi connectivity index (χ1) is 12.0. The molecule has 0 aliphatic rings. The quantitative estimate of drug-likeness (QED) is 0.581. The maximum atomic E-state index is 13.9. The number of nitrogens with one attached hydrogen (secondary N) is 1. The number of hydrogen-bond donors (Lipinski definition) is 1. The molecule has 0 radical (unpaired) electrons. The van der Waals surface area contributed by atoms with E-state index in [0.717, 1.165) is 23.0 Å². The average molecular weight is 431 g/mol. The summed E-state index contributed by atoms with van der Waals surface area (Å²) in [7, 11) is 1.58. The molecule has 0 aliphatic heterocycles. The SMILES string of the molecule is CCC(C)NCc1cc(Br)c(OCc2c(F)cccc2Cl)c(OC)c1. The van der Waals surface area contributed by atoms with Crippen LogP contribution in [0.25, 0.3) is 0 Å². The van der Waals surface area contributed by atoms with Crippen LogP contribution in [-0.2, 0) is 13.2 Å². The summed E-state index contributed by atoms with van der Waals surface area (Å²) in [5.41, 5.74) is 1.39. The van der Waals surface area contributed by atoms with Gasteiger partial charge >= 0.3 is 0 Å². The molecule has 1 unspecified atom stereocenters. The van der Waals surface area contributed by atoms with E-state index in [1.807, 2.05) is 12.1 Å². The van der Waals surface area contributed by atoms with Gasteiger partial charge in [-0.2, -0.15) is 0 Å². The van der Waals surface area contributed by atoms with Crippen LogP contribution in [0.4, 0.5) is 4.39 Å². The Morgan fingerprint density at radius 2 is 2.08 bits per heavy atom. The van der Waals surface area contributed by atoms with Crippen LogP contribution in [0.2, 0.25) is 5.02 Å². The average Bonchev–Trinajstić information content (AvgIpc) is 2.60. The molecule has 0 spiro atoms. The number of hydrogen-bond acceptors (Lipinski definition) is 3. The summed E-state index contributed by atoms with van der Waals surface area (Å²) in [6, 6.07) is 8.88. The zero-order valence-electron chi connectivity index (χ0n) is 14.5. The monoisotopic (exact) mass is 429 g/mol. The molecule has 6 heteroatoms. The second-order valence-electron chi connectivity index (χ2n) is 5.79. The van der Waals surface area contributed by atoms with Crippen molar-refractivity contribution in [2.75, 3.05) is 7.11 Å². The fourth-order valence-corrected chi connectivity index (χ4v) is 3.09. The Morgan fingerprint density at radius 1 is 1.32 bits per heavy atom. The van der Waals surface area contributed by atoms with E-state index in [2.05, 4.69) is 35.1 Å². The van der Waals surface area contributed by atoms with E-state index in [1.165, 1.54) is 6.07 Å². The smallest absolute Gasteiger partial charge is 0.175 e. The van der Waals surface area contributed by atoms with E-state index in [1.54, 1.807) is 19.2 Å². The zero-order valence-corrected chi connectivity index (χ0v) is 16.9. The van der Waals surface area contributed by atoms with Crippen LogP contribution in [0.1, 0.15) is 31.4 Å². The maximum absolute atomic E-state index is 13.9. The van der Waals surface area contributed by atoms with Gasteiger partial charge in [0, 0.05) is 18.2 Å². The van der Waals surface area contributed by atoms with Crippen molar-refractivity contribution >= 4 is 27.5 Å². The standard InChI is InChI=1S/C19H22BrClFNO2/c1-4-12(2)23-10-13-8-15(20)19(18(9-13)24-3)25-11-14-16(21)6-5-7-17(14)22/h5-9,12,23H,4,10-11H2,1-3H3. The normalized spacial score (nSPS) is 12.1. The van der Waals surface area contributed by atoms with Crippen LogP contribution in [0.5, 0.6) is 11.5 Å². The van der Waals surface area contributed by atoms with Crippen molar-refractivity contribution in [2.24, 2.45) is 0 Å². The lowest BCUT2D eigenvalue weighted by atomic mass is 10.1. The van der Waals surface area contributed by atoms with Crippen molar-refractivity contribution in [1.82, 2.24) is 5.32 Å². The molecule has 1 atom stereocenters. The van der Waals surface area contributed by atoms with E-state index in [9.17, 15) is 4.39 Å². The highest BCUT2D eigenvalue weighted by atomic mass is 79.9. The molecule has 0 fully saturated rings. The second kappa shape index (κ2) is 9.41. The Morgan fingerprint density at radius 3 is 2.72 bits per heavy atom. The van der Waals surface area contributed by atoms with Crippen LogP contribution < -0.4 is 14.8 Å². The predicted octanol–water partition coefficient (Wildman–Crippen LogP) is 5.72. The number of halogens is 3. The van der Waals surface area contributed by atoms with Crippen molar-refractivity contribution in [2.45, 2.75) is 39.5 Å². The molecule has 0 saturated carbocycles. The van der Waals surface area contributed by atoms with E-state index in [4.69, 9.17) is 21.1 Å². The maximum Gasteiger partial charge on any atom is 0.175 e. The molecule has 136 valence electrons. The lowest BCUT2D eigenvalue weighted by Crippen LogP contribution is -2.24. The van der Waals surface area contributed by atoms with E-state index in [0.29, 0.717) is 28.1 Å². The van der Waals surface area contributed by atoms with E-state index < -0.39 is 5.82 Å². The topological polar surface area (TPSA) is 30.5 Å². The van der Waals surface area contributed by atoms with Gasteiger partial charge in [0.15, 0.2) is 11.5 Å². The first-order valence-electron chi connectivity index (χ1n) is 8.11. The number of methoxy groups -OCH3 is 1. The molecule has 2 aromatic carbocycles. The van der Waals surface area contributed by atoms with Gasteiger partial charge in [-0.15, -0.1) is 0 Å². The van der Waals surface area contributed by atoms with Gasteiger partial charge in [-0.25, -0.2) is 4.39 Å². The van der Waals surface area contributed by atoms with E-state index >= 15 is 0 Å². The minimum Gasteiger partial charge on any atom is -0.493 e. The Bertz CT molecular complexity index is 707. The van der Waals surface area contributed by atoms with Gasteiger partial charge in [0.25, 0.3) is 0 Å². The highest BCUT2D eigenvalue weighted by molar-refractivity contribution is 9.10. The van der Waals surface area contributed by atoms with Crippen LogP contribution in [0.3, 0.4) is 0 Å². The lowest BCUT2D eigenvalue weighted by molar-refractivity contribution is 0.277. The van der Waals surface area contributed by atoms with Crippen LogP contribution in [0, 0.1) is 5.82 Å². The summed E-state index contributed by atoms with van der Waals surface area (Å²) in [6.45, 7) is 5.02. The summed E-state index contributed by atoms with van der Waals surface area (Å²) in [6.07, 6.45) is 1.06. The second-order valence-corrected chi connectivity index (χ2v) is 7.05. The molecule has 2 aromatic rings. The summed E-state index contributed by atoms with van der Waals surface area (Å²) in [4.78, 5) is 0. The van der Waals surface area contributed by atoms with E-state index in [-0.39, 0.29) is 6.61 Å². The fraction of sp³-hybridized carbons (Fsp3) is 0.368. The molecule has 2 rings (SSSR count). The highest BCUT2D eigenvalue weighted by Crippen LogP contribution is 2.37. The van der Waals surface area contributed by atoms with Gasteiger partial charge in [0.2, 0.25) is 0 Å². The summed E-state index contributed by atoms with van der Waals surface area (Å²) < 4.78 is 25.9. The van der Waals surface area contributed by atoms with Crippen LogP contribution in [-0.4, -0.2) is 13.2 Å². The third-order valence-electron chi connectivity index (χ3n) is 3.98. The highest BCUT2D eigenvalue weighted by Gasteiger charge is 2.14. The van der Waals surface area contributed by atoms with Gasteiger partial charge < -0.3 is 14.8 Å². The van der Waals surface area contributed by atoms with Gasteiger partial charge in [0.05, 0.1) is 16.6 Å². The molecule has 0 amide bonds. The van der Waals surface area contributed by atoms with Gasteiger partial charge in [-0.1, -0.05) is 24.6 Å². The number of ether oxygens (including phenoxy) is 2. The van der Waals surface area contributed by atoms with Gasteiger partial charge in [0.1, 0.15) is 12.4 Å². The first-order valence-corrected chi connectivity index (χ1v) is 9.28. The molecule has 25 heavy (non-hydrogen) atoms. The van der Waals surface area contributed by atoms with Gasteiger partial charge in [-0.3, -0.25) is 0 Å². The third kappa shape index (κ3) is 5.33. The van der Waals surface area contributed by atoms with Crippen molar-refractivity contribution in [1.29, 1.82) is 0 Å². The Kier molecular flexibility index (Phi) is 7.54. The van der Waals surface area contributed by atoms with Gasteiger partial charge in [-0.05, 0) is 59.1 Å². The minimum atomic E-state index is -0.392. The molecule has 0 bridgehead atoms. The van der Waals surface area contributed by atoms with Crippen LogP contribution >= 0.6 is 27.5 Å². The first kappa shape index (κ1) is 20.0. The minimum absolute atomic E-state index is 0.0188.